The molecule has 2 aliphatic rings. The maximum absolute atomic E-state index is 12.7. The molecule has 0 spiro atoms. The molecule has 1 atom stereocenters. The van der Waals surface area contributed by atoms with Crippen LogP contribution in [0.3, 0.4) is 0 Å². The standard InChI is InChI=1S/C23H31N5O/c29-23(26-16-19-5-3-10-24-15-19)20-6-4-12-28(17-20)22-8-13-27(14-9-22)18-21-7-1-2-11-25-21/h1-3,5,7,10-11,15,20,22H,4,6,8-9,12-14,16-18H2,(H,26,29)/t20-/m0/s1. The Bertz CT molecular complexity index is 761. The van der Waals surface area contributed by atoms with Crippen molar-refractivity contribution in [1.29, 1.82) is 0 Å². The lowest BCUT2D eigenvalue weighted by Gasteiger charge is -2.42. The number of rotatable bonds is 6. The van der Waals surface area contributed by atoms with Gasteiger partial charge in [0, 0.05) is 57.4 Å². The molecule has 0 aromatic carbocycles. The van der Waals surface area contributed by atoms with Crippen molar-refractivity contribution in [1.82, 2.24) is 25.1 Å². The summed E-state index contributed by atoms with van der Waals surface area (Å²) in [6.07, 6.45) is 9.90. The van der Waals surface area contributed by atoms with Gasteiger partial charge in [0.25, 0.3) is 0 Å². The predicted molar refractivity (Wildman–Crippen MR) is 113 cm³/mol. The summed E-state index contributed by atoms with van der Waals surface area (Å²) in [4.78, 5) is 26.3. The summed E-state index contributed by atoms with van der Waals surface area (Å²) in [5.74, 6) is 0.290. The highest BCUT2D eigenvalue weighted by Crippen LogP contribution is 2.24. The summed E-state index contributed by atoms with van der Waals surface area (Å²) >= 11 is 0. The lowest BCUT2D eigenvalue weighted by Crippen LogP contribution is -2.50. The van der Waals surface area contributed by atoms with Crippen molar-refractivity contribution in [3.63, 3.8) is 0 Å². The minimum Gasteiger partial charge on any atom is -0.352 e. The number of carbonyl (C=O) groups is 1. The van der Waals surface area contributed by atoms with Crippen LogP contribution in [0.25, 0.3) is 0 Å². The molecule has 1 N–H and O–H groups in total. The molecule has 2 saturated heterocycles. The Kier molecular flexibility index (Phi) is 6.85. The molecular weight excluding hydrogens is 362 g/mol. The Hall–Kier alpha value is -2.31. The van der Waals surface area contributed by atoms with Crippen LogP contribution in [-0.4, -0.2) is 57.9 Å². The first-order chi connectivity index (χ1) is 14.3. The molecule has 0 radical (unpaired) electrons. The minimum absolute atomic E-state index is 0.104. The van der Waals surface area contributed by atoms with Gasteiger partial charge in [0.15, 0.2) is 0 Å². The molecule has 0 aliphatic carbocycles. The fourth-order valence-electron chi connectivity index (χ4n) is 4.55. The highest BCUT2D eigenvalue weighted by molar-refractivity contribution is 5.78. The molecule has 0 bridgehead atoms. The van der Waals surface area contributed by atoms with Crippen LogP contribution in [-0.2, 0) is 17.9 Å². The van der Waals surface area contributed by atoms with Gasteiger partial charge in [-0.2, -0.15) is 0 Å². The number of amides is 1. The van der Waals surface area contributed by atoms with Crippen molar-refractivity contribution in [2.75, 3.05) is 26.2 Å². The zero-order chi connectivity index (χ0) is 19.9. The fraction of sp³-hybridized carbons (Fsp3) is 0.522. The fourth-order valence-corrected chi connectivity index (χ4v) is 4.55. The summed E-state index contributed by atoms with van der Waals surface area (Å²) in [7, 11) is 0. The Morgan fingerprint density at radius 2 is 1.97 bits per heavy atom. The van der Waals surface area contributed by atoms with E-state index < -0.39 is 0 Å². The molecule has 2 aromatic heterocycles. The monoisotopic (exact) mass is 393 g/mol. The molecule has 2 aromatic rings. The van der Waals surface area contributed by atoms with Gasteiger partial charge in [0.1, 0.15) is 0 Å². The number of aromatic nitrogens is 2. The van der Waals surface area contributed by atoms with Crippen LogP contribution in [0.15, 0.2) is 48.9 Å². The van der Waals surface area contributed by atoms with Gasteiger partial charge in [0.2, 0.25) is 5.91 Å². The number of hydrogen-bond donors (Lipinski definition) is 1. The third-order valence-corrected chi connectivity index (χ3v) is 6.20. The van der Waals surface area contributed by atoms with Crippen molar-refractivity contribution < 1.29 is 4.79 Å². The van der Waals surface area contributed by atoms with Gasteiger partial charge in [-0.25, -0.2) is 0 Å². The van der Waals surface area contributed by atoms with Crippen molar-refractivity contribution in [3.8, 4) is 0 Å². The van der Waals surface area contributed by atoms with Crippen molar-refractivity contribution >= 4 is 5.91 Å². The van der Waals surface area contributed by atoms with Gasteiger partial charge < -0.3 is 5.32 Å². The molecule has 0 saturated carbocycles. The van der Waals surface area contributed by atoms with Gasteiger partial charge in [-0.15, -0.1) is 0 Å². The number of likely N-dealkylation sites (tertiary alicyclic amines) is 2. The number of piperidine rings is 2. The van der Waals surface area contributed by atoms with E-state index in [1.54, 1.807) is 6.20 Å². The van der Waals surface area contributed by atoms with Crippen LogP contribution in [0.1, 0.15) is 36.9 Å². The lowest BCUT2D eigenvalue weighted by atomic mass is 9.93. The lowest BCUT2D eigenvalue weighted by molar-refractivity contribution is -0.127. The van der Waals surface area contributed by atoms with E-state index in [4.69, 9.17) is 0 Å². The van der Waals surface area contributed by atoms with Crippen molar-refractivity contribution in [2.24, 2.45) is 5.92 Å². The second-order valence-corrected chi connectivity index (χ2v) is 8.24. The highest BCUT2D eigenvalue weighted by Gasteiger charge is 2.31. The Labute approximate surface area is 173 Å². The minimum atomic E-state index is 0.104. The number of nitrogens with zero attached hydrogens (tertiary/aromatic N) is 4. The van der Waals surface area contributed by atoms with E-state index in [1.807, 2.05) is 30.6 Å². The quantitative estimate of drug-likeness (QED) is 0.817. The Morgan fingerprint density at radius 3 is 2.72 bits per heavy atom. The van der Waals surface area contributed by atoms with Crippen LogP contribution in [0.4, 0.5) is 0 Å². The van der Waals surface area contributed by atoms with Crippen LogP contribution in [0.5, 0.6) is 0 Å². The normalized spacial score (nSPS) is 21.7. The first kappa shape index (κ1) is 20.0. The Morgan fingerprint density at radius 1 is 1.07 bits per heavy atom. The number of hydrogen-bond acceptors (Lipinski definition) is 5. The van der Waals surface area contributed by atoms with E-state index in [9.17, 15) is 4.79 Å². The predicted octanol–water partition coefficient (Wildman–Crippen LogP) is 2.47. The van der Waals surface area contributed by atoms with Gasteiger partial charge in [-0.1, -0.05) is 12.1 Å². The molecule has 29 heavy (non-hydrogen) atoms. The SMILES string of the molecule is O=C(NCc1cccnc1)[C@H]1CCCN(C2CCN(Cc3ccccn3)CC2)C1. The average molecular weight is 394 g/mol. The molecule has 154 valence electrons. The van der Waals surface area contributed by atoms with Crippen LogP contribution >= 0.6 is 0 Å². The summed E-state index contributed by atoms with van der Waals surface area (Å²) in [6, 6.07) is 10.6. The van der Waals surface area contributed by atoms with E-state index in [0.717, 1.165) is 56.8 Å². The van der Waals surface area contributed by atoms with E-state index in [1.165, 1.54) is 12.8 Å². The van der Waals surface area contributed by atoms with Gasteiger partial charge in [-0.05, 0) is 56.0 Å². The molecule has 0 unspecified atom stereocenters. The number of nitrogens with one attached hydrogen (secondary N) is 1. The maximum atomic E-state index is 12.7. The molecule has 4 rings (SSSR count). The van der Waals surface area contributed by atoms with E-state index in [2.05, 4.69) is 37.2 Å². The highest BCUT2D eigenvalue weighted by atomic mass is 16.1. The number of pyridine rings is 2. The Balaban J connectivity index is 1.23. The zero-order valence-corrected chi connectivity index (χ0v) is 17.0. The summed E-state index contributed by atoms with van der Waals surface area (Å²) in [5.41, 5.74) is 2.20. The third kappa shape index (κ3) is 5.61. The van der Waals surface area contributed by atoms with Crippen LogP contribution in [0, 0.1) is 5.92 Å². The molecule has 2 aliphatic heterocycles. The van der Waals surface area contributed by atoms with Gasteiger partial charge in [0.05, 0.1) is 11.6 Å². The average Bonchev–Trinajstić information content (AvgIpc) is 2.79. The summed E-state index contributed by atoms with van der Waals surface area (Å²) in [6.45, 7) is 5.73. The van der Waals surface area contributed by atoms with E-state index in [-0.39, 0.29) is 11.8 Å². The van der Waals surface area contributed by atoms with E-state index >= 15 is 0 Å². The largest absolute Gasteiger partial charge is 0.352 e. The summed E-state index contributed by atoms with van der Waals surface area (Å²) < 4.78 is 0. The van der Waals surface area contributed by atoms with Gasteiger partial charge in [-0.3, -0.25) is 24.6 Å². The van der Waals surface area contributed by atoms with E-state index in [0.29, 0.717) is 12.6 Å². The molecule has 2 fully saturated rings. The molecule has 4 heterocycles. The zero-order valence-electron chi connectivity index (χ0n) is 17.0. The summed E-state index contributed by atoms with van der Waals surface area (Å²) in [5, 5.41) is 3.11. The first-order valence-electron chi connectivity index (χ1n) is 10.8. The van der Waals surface area contributed by atoms with Crippen molar-refractivity contribution in [3.05, 3.63) is 60.2 Å². The molecular formula is C23H31N5O. The van der Waals surface area contributed by atoms with Crippen molar-refractivity contribution in [2.45, 2.75) is 44.8 Å². The second kappa shape index (κ2) is 9.94. The number of carbonyl (C=O) groups excluding carboxylic acids is 1. The topological polar surface area (TPSA) is 61.4 Å². The second-order valence-electron chi connectivity index (χ2n) is 8.24. The third-order valence-electron chi connectivity index (χ3n) is 6.20. The van der Waals surface area contributed by atoms with Crippen LogP contribution in [0.2, 0.25) is 0 Å². The maximum Gasteiger partial charge on any atom is 0.224 e. The van der Waals surface area contributed by atoms with Crippen LogP contribution < -0.4 is 5.32 Å². The van der Waals surface area contributed by atoms with Gasteiger partial charge >= 0.3 is 0 Å². The smallest absolute Gasteiger partial charge is 0.224 e. The molecule has 1 amide bonds. The molecule has 6 nitrogen and oxygen atoms in total. The molecule has 6 heteroatoms. The first-order valence-corrected chi connectivity index (χ1v) is 10.8.